The molecule has 4 rings (SSSR count). The first-order chi connectivity index (χ1) is 14.9. The number of carbonyl (C=O) groups excluding carboxylic acids is 1. The summed E-state index contributed by atoms with van der Waals surface area (Å²) in [4.78, 5) is 12.8. The second kappa shape index (κ2) is 9.14. The minimum absolute atomic E-state index is 0.0583. The SMILES string of the molecule is CCC1CCCCN1S(=O)(=O)c1ccc(NC(=O)Cc2coc3ccc(Br)cc23)cc1. The first-order valence-electron chi connectivity index (χ1n) is 10.5. The third-order valence-corrected chi connectivity index (χ3v) is 8.22. The van der Waals surface area contributed by atoms with E-state index in [1.54, 1.807) is 34.8 Å². The third-order valence-electron chi connectivity index (χ3n) is 5.76. The van der Waals surface area contributed by atoms with E-state index in [1.165, 1.54) is 0 Å². The van der Waals surface area contributed by atoms with Crippen LogP contribution in [-0.2, 0) is 21.2 Å². The largest absolute Gasteiger partial charge is 0.464 e. The van der Waals surface area contributed by atoms with Crippen LogP contribution in [0.2, 0.25) is 0 Å². The van der Waals surface area contributed by atoms with E-state index in [1.807, 2.05) is 25.1 Å². The lowest BCUT2D eigenvalue weighted by atomic mass is 10.0. The predicted octanol–water partition coefficient (Wildman–Crippen LogP) is 5.33. The van der Waals surface area contributed by atoms with Gasteiger partial charge in [0.1, 0.15) is 5.58 Å². The molecular formula is C23H25BrN2O4S. The van der Waals surface area contributed by atoms with E-state index in [0.29, 0.717) is 12.2 Å². The van der Waals surface area contributed by atoms with E-state index in [4.69, 9.17) is 4.42 Å². The number of nitrogens with one attached hydrogen (secondary N) is 1. The van der Waals surface area contributed by atoms with E-state index in [2.05, 4.69) is 21.2 Å². The number of benzene rings is 2. The highest BCUT2D eigenvalue weighted by Gasteiger charge is 2.32. The van der Waals surface area contributed by atoms with Crippen LogP contribution in [0.3, 0.4) is 0 Å². The first-order valence-corrected chi connectivity index (χ1v) is 12.7. The Morgan fingerprint density at radius 2 is 1.97 bits per heavy atom. The molecule has 1 N–H and O–H groups in total. The molecule has 0 bridgehead atoms. The highest BCUT2D eigenvalue weighted by atomic mass is 79.9. The summed E-state index contributed by atoms with van der Waals surface area (Å²) in [5.74, 6) is -0.194. The molecule has 164 valence electrons. The number of carbonyl (C=O) groups is 1. The number of hydrogen-bond acceptors (Lipinski definition) is 4. The van der Waals surface area contributed by atoms with Gasteiger partial charge in [-0.1, -0.05) is 29.3 Å². The van der Waals surface area contributed by atoms with E-state index in [9.17, 15) is 13.2 Å². The lowest BCUT2D eigenvalue weighted by Gasteiger charge is -2.34. The van der Waals surface area contributed by atoms with Gasteiger partial charge in [-0.05, 0) is 61.7 Å². The number of rotatable bonds is 6. The maximum atomic E-state index is 13.1. The average molecular weight is 505 g/mol. The molecule has 0 aliphatic carbocycles. The Morgan fingerprint density at radius 3 is 2.71 bits per heavy atom. The van der Waals surface area contributed by atoms with Crippen molar-refractivity contribution >= 4 is 48.5 Å². The molecule has 0 radical (unpaired) electrons. The van der Waals surface area contributed by atoms with Gasteiger partial charge < -0.3 is 9.73 Å². The van der Waals surface area contributed by atoms with Crippen molar-refractivity contribution in [3.05, 3.63) is 58.8 Å². The Labute approximate surface area is 190 Å². The third kappa shape index (κ3) is 4.71. The number of nitrogens with zero attached hydrogens (tertiary/aromatic N) is 1. The summed E-state index contributed by atoms with van der Waals surface area (Å²) in [7, 11) is -3.53. The molecule has 1 aliphatic rings. The molecule has 1 saturated heterocycles. The maximum absolute atomic E-state index is 13.1. The summed E-state index contributed by atoms with van der Waals surface area (Å²) in [5, 5.41) is 3.72. The Morgan fingerprint density at radius 1 is 1.19 bits per heavy atom. The molecule has 6 nitrogen and oxygen atoms in total. The van der Waals surface area contributed by atoms with Crippen LogP contribution < -0.4 is 5.32 Å². The van der Waals surface area contributed by atoms with Gasteiger partial charge in [-0.2, -0.15) is 4.31 Å². The first kappa shape index (κ1) is 22.0. The zero-order chi connectivity index (χ0) is 22.0. The minimum atomic E-state index is -3.53. The number of fused-ring (bicyclic) bond motifs is 1. The Bertz CT molecular complexity index is 1190. The van der Waals surface area contributed by atoms with E-state index < -0.39 is 10.0 Å². The Hall–Kier alpha value is -2.16. The molecule has 2 aromatic carbocycles. The van der Waals surface area contributed by atoms with Gasteiger partial charge in [-0.15, -0.1) is 0 Å². The van der Waals surface area contributed by atoms with Crippen molar-refractivity contribution < 1.29 is 17.6 Å². The fourth-order valence-corrected chi connectivity index (χ4v) is 6.24. The number of hydrogen-bond donors (Lipinski definition) is 1. The summed E-state index contributed by atoms with van der Waals surface area (Å²) in [6, 6.07) is 12.1. The van der Waals surface area contributed by atoms with Gasteiger partial charge >= 0.3 is 0 Å². The highest BCUT2D eigenvalue weighted by molar-refractivity contribution is 9.10. The second-order valence-corrected chi connectivity index (χ2v) is 10.6. The molecule has 0 saturated carbocycles. The topological polar surface area (TPSA) is 79.6 Å². The summed E-state index contributed by atoms with van der Waals surface area (Å²) in [5.41, 5.74) is 2.08. The fourth-order valence-electron chi connectivity index (χ4n) is 4.11. The van der Waals surface area contributed by atoms with Gasteiger partial charge in [0.15, 0.2) is 0 Å². The fraction of sp³-hybridized carbons (Fsp3) is 0.348. The van der Waals surface area contributed by atoms with Crippen LogP contribution in [0, 0.1) is 0 Å². The highest BCUT2D eigenvalue weighted by Crippen LogP contribution is 2.28. The number of sulfonamides is 1. The number of piperidine rings is 1. The van der Waals surface area contributed by atoms with Gasteiger partial charge in [0.05, 0.1) is 17.6 Å². The van der Waals surface area contributed by atoms with Crippen LogP contribution in [0.25, 0.3) is 11.0 Å². The smallest absolute Gasteiger partial charge is 0.243 e. The summed E-state index contributed by atoms with van der Waals surface area (Å²) >= 11 is 3.44. The van der Waals surface area contributed by atoms with Gasteiger partial charge in [-0.3, -0.25) is 4.79 Å². The van der Waals surface area contributed by atoms with E-state index in [-0.39, 0.29) is 23.3 Å². The predicted molar refractivity (Wildman–Crippen MR) is 125 cm³/mol. The number of anilines is 1. The van der Waals surface area contributed by atoms with Crippen LogP contribution in [0.5, 0.6) is 0 Å². The van der Waals surface area contributed by atoms with Crippen molar-refractivity contribution in [2.24, 2.45) is 0 Å². The monoisotopic (exact) mass is 504 g/mol. The Kier molecular flexibility index (Phi) is 6.50. The van der Waals surface area contributed by atoms with Gasteiger partial charge in [0.25, 0.3) is 0 Å². The lowest BCUT2D eigenvalue weighted by Crippen LogP contribution is -2.43. The molecule has 1 aromatic heterocycles. The van der Waals surface area contributed by atoms with E-state index in [0.717, 1.165) is 46.7 Å². The molecule has 1 unspecified atom stereocenters. The zero-order valence-corrected chi connectivity index (χ0v) is 19.7. The molecular weight excluding hydrogens is 480 g/mol. The molecule has 1 atom stereocenters. The van der Waals surface area contributed by atoms with Gasteiger partial charge in [0.2, 0.25) is 15.9 Å². The molecule has 8 heteroatoms. The van der Waals surface area contributed by atoms with Gasteiger partial charge in [0, 0.05) is 33.7 Å². The van der Waals surface area contributed by atoms with Crippen LogP contribution in [0.1, 0.15) is 38.2 Å². The van der Waals surface area contributed by atoms with Crippen LogP contribution in [0.4, 0.5) is 5.69 Å². The molecule has 1 aliphatic heterocycles. The standard InChI is InChI=1S/C23H25BrN2O4S/c1-2-19-5-3-4-12-26(19)31(28,29)20-9-7-18(8-10-20)25-23(27)13-16-15-30-22-11-6-17(24)14-21(16)22/h6-11,14-15,19H,2-5,12-13H2,1H3,(H,25,27). The lowest BCUT2D eigenvalue weighted by molar-refractivity contribution is -0.115. The normalized spacial score (nSPS) is 17.7. The van der Waals surface area contributed by atoms with Crippen LogP contribution in [-0.4, -0.2) is 31.2 Å². The summed E-state index contributed by atoms with van der Waals surface area (Å²) in [6.07, 6.45) is 5.43. The molecule has 0 spiro atoms. The van der Waals surface area contributed by atoms with Crippen LogP contribution >= 0.6 is 15.9 Å². The van der Waals surface area contributed by atoms with Crippen LogP contribution in [0.15, 0.2) is 62.5 Å². The summed E-state index contributed by atoms with van der Waals surface area (Å²) in [6.45, 7) is 2.59. The van der Waals surface area contributed by atoms with Crippen molar-refractivity contribution in [1.82, 2.24) is 4.31 Å². The average Bonchev–Trinajstić information content (AvgIpc) is 3.15. The van der Waals surface area contributed by atoms with Crippen molar-refractivity contribution in [2.45, 2.75) is 50.0 Å². The molecule has 1 fully saturated rings. The molecule has 3 aromatic rings. The van der Waals surface area contributed by atoms with Crippen molar-refractivity contribution in [2.75, 3.05) is 11.9 Å². The number of halogens is 1. The maximum Gasteiger partial charge on any atom is 0.243 e. The number of furan rings is 1. The minimum Gasteiger partial charge on any atom is -0.464 e. The van der Waals surface area contributed by atoms with Gasteiger partial charge in [-0.25, -0.2) is 8.42 Å². The summed E-state index contributed by atoms with van der Waals surface area (Å²) < 4.78 is 34.2. The van der Waals surface area contributed by atoms with Crippen molar-refractivity contribution in [1.29, 1.82) is 0 Å². The zero-order valence-electron chi connectivity index (χ0n) is 17.3. The quantitative estimate of drug-likeness (QED) is 0.491. The van der Waals surface area contributed by atoms with Crippen molar-refractivity contribution in [3.8, 4) is 0 Å². The Balaban J connectivity index is 1.45. The molecule has 2 heterocycles. The van der Waals surface area contributed by atoms with E-state index >= 15 is 0 Å². The molecule has 1 amide bonds. The second-order valence-electron chi connectivity index (χ2n) is 7.82. The number of amides is 1. The molecule has 31 heavy (non-hydrogen) atoms. The van der Waals surface area contributed by atoms with Crippen molar-refractivity contribution in [3.63, 3.8) is 0 Å².